The van der Waals surface area contributed by atoms with Crippen LogP contribution in [0.4, 0.5) is 13.2 Å². The van der Waals surface area contributed by atoms with E-state index in [0.29, 0.717) is 6.07 Å². The fourth-order valence-electron chi connectivity index (χ4n) is 1.42. The molecule has 7 heteroatoms. The highest BCUT2D eigenvalue weighted by atomic mass is 19.3. The number of carboxylic acids is 1. The van der Waals surface area contributed by atoms with Crippen molar-refractivity contribution in [3.63, 3.8) is 0 Å². The van der Waals surface area contributed by atoms with Gasteiger partial charge in [-0.1, -0.05) is 12.1 Å². The van der Waals surface area contributed by atoms with Crippen LogP contribution in [-0.2, 0) is 4.79 Å². The second-order valence-corrected chi connectivity index (χ2v) is 3.69. The molecule has 0 aliphatic rings. The second-order valence-electron chi connectivity index (χ2n) is 3.69. The Morgan fingerprint density at radius 3 is 2.33 bits per heavy atom. The quantitative estimate of drug-likeness (QED) is 0.755. The van der Waals surface area contributed by atoms with Crippen LogP contribution in [0.25, 0.3) is 0 Å². The minimum absolute atomic E-state index is 0.161. The smallest absolute Gasteiger partial charge is 0.306 e. The van der Waals surface area contributed by atoms with E-state index in [1.807, 2.05) is 0 Å². The van der Waals surface area contributed by atoms with Gasteiger partial charge in [0.25, 0.3) is 6.43 Å². The van der Waals surface area contributed by atoms with Crippen molar-refractivity contribution >= 4 is 5.97 Å². The molecule has 1 aromatic rings. The van der Waals surface area contributed by atoms with Gasteiger partial charge in [-0.25, -0.2) is 13.2 Å². The third-order valence-electron chi connectivity index (χ3n) is 2.35. The van der Waals surface area contributed by atoms with Crippen LogP contribution in [0, 0.1) is 5.82 Å². The van der Waals surface area contributed by atoms with Crippen molar-refractivity contribution in [2.75, 3.05) is 0 Å². The molecule has 0 aromatic heterocycles. The van der Waals surface area contributed by atoms with E-state index in [1.165, 1.54) is 0 Å². The summed E-state index contributed by atoms with van der Waals surface area (Å²) < 4.78 is 37.7. The molecule has 0 saturated carbocycles. The molecule has 18 heavy (non-hydrogen) atoms. The number of alkyl halides is 2. The Hall–Kier alpha value is -1.60. The topological polar surface area (TPSA) is 77.8 Å². The van der Waals surface area contributed by atoms with E-state index in [4.69, 9.17) is 5.11 Å². The third kappa shape index (κ3) is 3.44. The summed E-state index contributed by atoms with van der Waals surface area (Å²) >= 11 is 0. The van der Waals surface area contributed by atoms with Crippen molar-refractivity contribution in [2.45, 2.75) is 25.1 Å². The fourth-order valence-corrected chi connectivity index (χ4v) is 1.42. The Morgan fingerprint density at radius 2 is 1.89 bits per heavy atom. The van der Waals surface area contributed by atoms with Crippen molar-refractivity contribution in [3.05, 3.63) is 35.1 Å². The number of aliphatic carboxylic acids is 1. The predicted octanol–water partition coefficient (Wildman–Crippen LogP) is 1.63. The average Bonchev–Trinajstić information content (AvgIpc) is 2.26. The molecule has 0 aliphatic carbocycles. The zero-order valence-corrected chi connectivity index (χ0v) is 9.05. The van der Waals surface area contributed by atoms with Gasteiger partial charge in [0, 0.05) is 0 Å². The Labute approximate surface area is 100 Å². The van der Waals surface area contributed by atoms with Crippen molar-refractivity contribution in [1.29, 1.82) is 0 Å². The van der Waals surface area contributed by atoms with Crippen LogP contribution in [0.2, 0.25) is 0 Å². The van der Waals surface area contributed by atoms with Gasteiger partial charge >= 0.3 is 5.97 Å². The van der Waals surface area contributed by atoms with E-state index in [1.54, 1.807) is 0 Å². The van der Waals surface area contributed by atoms with Crippen LogP contribution in [0.3, 0.4) is 0 Å². The summed E-state index contributed by atoms with van der Waals surface area (Å²) in [6, 6.07) is 2.45. The molecule has 0 saturated heterocycles. The molecule has 100 valence electrons. The van der Waals surface area contributed by atoms with Crippen molar-refractivity contribution in [3.8, 4) is 0 Å². The molecular formula is C11H11F3O4. The van der Waals surface area contributed by atoms with Gasteiger partial charge in [-0.3, -0.25) is 4.79 Å². The molecule has 0 bridgehead atoms. The summed E-state index contributed by atoms with van der Waals surface area (Å²) in [5.74, 6) is -2.56. The summed E-state index contributed by atoms with van der Waals surface area (Å²) in [6.45, 7) is 0. The van der Waals surface area contributed by atoms with E-state index >= 15 is 0 Å². The predicted molar refractivity (Wildman–Crippen MR) is 54.6 cm³/mol. The number of aliphatic hydroxyl groups excluding tert-OH is 2. The summed E-state index contributed by atoms with van der Waals surface area (Å²) in [6.07, 6.45) is -7.01. The van der Waals surface area contributed by atoms with Crippen molar-refractivity contribution < 1.29 is 33.3 Å². The summed E-state index contributed by atoms with van der Waals surface area (Å²) in [7, 11) is 0. The molecular weight excluding hydrogens is 253 g/mol. The number of carboxylic acid groups (broad SMARTS) is 1. The molecule has 0 aliphatic heterocycles. The highest BCUT2D eigenvalue weighted by molar-refractivity contribution is 5.67. The maximum absolute atomic E-state index is 13.2. The van der Waals surface area contributed by atoms with E-state index in [0.717, 1.165) is 12.1 Å². The summed E-state index contributed by atoms with van der Waals surface area (Å²) in [5.41, 5.74) is -0.982. The van der Waals surface area contributed by atoms with Crippen LogP contribution in [0.5, 0.6) is 0 Å². The Kier molecular flexibility index (Phi) is 4.69. The molecule has 4 nitrogen and oxygen atoms in total. The molecule has 2 atom stereocenters. The minimum Gasteiger partial charge on any atom is -0.481 e. The maximum atomic E-state index is 13.2. The third-order valence-corrected chi connectivity index (χ3v) is 2.35. The first-order valence-electron chi connectivity index (χ1n) is 4.98. The fraction of sp³-hybridized carbons (Fsp3) is 0.364. The minimum atomic E-state index is -2.99. The number of rotatable bonds is 5. The van der Waals surface area contributed by atoms with Gasteiger partial charge in [0.2, 0.25) is 0 Å². The lowest BCUT2D eigenvalue weighted by Crippen LogP contribution is -2.21. The van der Waals surface area contributed by atoms with Crippen LogP contribution < -0.4 is 0 Å². The first-order valence-corrected chi connectivity index (χ1v) is 4.98. The van der Waals surface area contributed by atoms with Crippen molar-refractivity contribution in [1.82, 2.24) is 0 Å². The van der Waals surface area contributed by atoms with E-state index in [9.17, 15) is 28.2 Å². The lowest BCUT2D eigenvalue weighted by Gasteiger charge is -2.17. The Morgan fingerprint density at radius 1 is 1.28 bits per heavy atom. The van der Waals surface area contributed by atoms with Crippen LogP contribution in [-0.4, -0.2) is 27.4 Å². The molecule has 3 N–H and O–H groups in total. The normalized spacial score (nSPS) is 14.6. The highest BCUT2D eigenvalue weighted by Gasteiger charge is 2.23. The van der Waals surface area contributed by atoms with E-state index in [-0.39, 0.29) is 5.56 Å². The zero-order chi connectivity index (χ0) is 13.9. The lowest BCUT2D eigenvalue weighted by atomic mass is 10.0. The molecule has 0 amide bonds. The van der Waals surface area contributed by atoms with Crippen molar-refractivity contribution in [2.24, 2.45) is 0 Å². The Balaban J connectivity index is 2.90. The van der Waals surface area contributed by atoms with E-state index in [2.05, 4.69) is 0 Å². The molecule has 1 rings (SSSR count). The maximum Gasteiger partial charge on any atom is 0.306 e. The Bertz CT molecular complexity index is 436. The lowest BCUT2D eigenvalue weighted by molar-refractivity contribution is -0.141. The molecule has 0 spiro atoms. The second kappa shape index (κ2) is 5.83. The molecule has 0 heterocycles. The van der Waals surface area contributed by atoms with Crippen LogP contribution >= 0.6 is 0 Å². The number of hydrogen-bond donors (Lipinski definition) is 3. The van der Waals surface area contributed by atoms with Crippen LogP contribution in [0.1, 0.15) is 30.1 Å². The van der Waals surface area contributed by atoms with Gasteiger partial charge in [0.15, 0.2) is 0 Å². The molecule has 0 fully saturated rings. The monoisotopic (exact) mass is 264 g/mol. The van der Waals surface area contributed by atoms with Gasteiger partial charge in [-0.05, 0) is 11.6 Å². The first kappa shape index (κ1) is 14.5. The van der Waals surface area contributed by atoms with E-state index < -0.39 is 42.4 Å². The summed E-state index contributed by atoms with van der Waals surface area (Å²) in [4.78, 5) is 10.3. The zero-order valence-electron chi connectivity index (χ0n) is 9.05. The molecule has 1 aromatic carbocycles. The number of aliphatic hydroxyl groups is 2. The van der Waals surface area contributed by atoms with Gasteiger partial charge in [0.1, 0.15) is 11.9 Å². The molecule has 2 unspecified atom stereocenters. The summed E-state index contributed by atoms with van der Waals surface area (Å²) in [5, 5.41) is 27.2. The standard InChI is InChI=1S/C11H11F3O4/c12-7-3-5(1-2-6(7)11(13)14)10(18)8(15)4-9(16)17/h1-3,8,10-11,15,18H,4H2,(H,16,17). The van der Waals surface area contributed by atoms with Crippen LogP contribution in [0.15, 0.2) is 18.2 Å². The number of halogens is 3. The highest BCUT2D eigenvalue weighted by Crippen LogP contribution is 2.26. The SMILES string of the molecule is O=C(O)CC(O)C(O)c1ccc(C(F)F)c(F)c1. The number of carbonyl (C=O) groups is 1. The number of benzene rings is 1. The first-order chi connectivity index (χ1) is 8.32. The van der Waals surface area contributed by atoms with Gasteiger partial charge in [-0.2, -0.15) is 0 Å². The number of hydrogen-bond acceptors (Lipinski definition) is 3. The largest absolute Gasteiger partial charge is 0.481 e. The van der Waals surface area contributed by atoms with Gasteiger partial charge in [0.05, 0.1) is 18.1 Å². The molecule has 0 radical (unpaired) electrons. The van der Waals surface area contributed by atoms with Gasteiger partial charge in [-0.15, -0.1) is 0 Å². The average molecular weight is 264 g/mol. The van der Waals surface area contributed by atoms with Gasteiger partial charge < -0.3 is 15.3 Å².